The van der Waals surface area contributed by atoms with E-state index < -0.39 is 0 Å². The number of carbonyl (C=O) groups excluding carboxylic acids is 2. The third kappa shape index (κ3) is 4.05. The van der Waals surface area contributed by atoms with Gasteiger partial charge in [0.2, 0.25) is 0 Å². The second kappa shape index (κ2) is 8.41. The molecule has 1 aliphatic rings. The average Bonchev–Trinajstić information content (AvgIpc) is 3.60. The number of pyridine rings is 1. The molecule has 3 aromatic rings. The van der Waals surface area contributed by atoms with Gasteiger partial charge in [-0.2, -0.15) is 0 Å². The topological polar surface area (TPSA) is 92.4 Å². The lowest BCUT2D eigenvalue weighted by atomic mass is 10.0. The van der Waals surface area contributed by atoms with Gasteiger partial charge in [0.05, 0.1) is 29.4 Å². The number of hydrogen-bond donors (Lipinski definition) is 3. The number of rotatable bonds is 7. The Morgan fingerprint density at radius 2 is 1.87 bits per heavy atom. The molecule has 1 saturated carbocycles. The smallest absolute Gasteiger partial charge is 0.255 e. The predicted molar refractivity (Wildman–Crippen MR) is 116 cm³/mol. The first-order valence-electron chi connectivity index (χ1n) is 9.92. The Morgan fingerprint density at radius 1 is 1.10 bits per heavy atom. The molecule has 0 atom stereocenters. The molecule has 2 aromatic carbocycles. The van der Waals surface area contributed by atoms with Crippen molar-refractivity contribution in [3.63, 3.8) is 0 Å². The molecule has 7 nitrogen and oxygen atoms in total. The molecule has 0 aliphatic heterocycles. The van der Waals surface area contributed by atoms with E-state index in [1.54, 1.807) is 25.4 Å². The summed E-state index contributed by atoms with van der Waals surface area (Å²) in [5.41, 5.74) is 3.21. The summed E-state index contributed by atoms with van der Waals surface area (Å²) in [5, 5.41) is 9.74. The molecule has 1 fully saturated rings. The molecule has 1 aliphatic carbocycles. The van der Waals surface area contributed by atoms with Crippen LogP contribution in [0.25, 0.3) is 10.9 Å². The molecule has 1 aromatic heterocycles. The Kier molecular flexibility index (Phi) is 5.52. The summed E-state index contributed by atoms with van der Waals surface area (Å²) in [5.74, 6) is -0.00564. The molecular formula is C23H24N4O3. The maximum Gasteiger partial charge on any atom is 0.255 e. The number of hydrogen-bond acceptors (Lipinski definition) is 5. The summed E-state index contributed by atoms with van der Waals surface area (Å²) in [4.78, 5) is 29.7. The van der Waals surface area contributed by atoms with Crippen LogP contribution < -0.4 is 20.7 Å². The van der Waals surface area contributed by atoms with E-state index >= 15 is 0 Å². The molecule has 154 valence electrons. The van der Waals surface area contributed by atoms with E-state index in [9.17, 15) is 9.59 Å². The van der Waals surface area contributed by atoms with Crippen LogP contribution in [0.3, 0.4) is 0 Å². The fourth-order valence-electron chi connectivity index (χ4n) is 3.34. The molecule has 1 heterocycles. The molecular weight excluding hydrogens is 380 g/mol. The predicted octanol–water partition coefficient (Wildman–Crippen LogP) is 3.11. The standard InChI is InChI=1S/C23H24N4O3/c1-24-22(28)17-10-16-19(11-20(17)30-2)25-13-18(23(29)27-15-8-9-15)21(16)26-12-14-6-4-3-5-7-14/h3-7,10-11,13,15H,8-9,12H2,1-2H3,(H,24,28)(H,25,26)(H,27,29). The highest BCUT2D eigenvalue weighted by Gasteiger charge is 2.26. The first-order chi connectivity index (χ1) is 14.6. The highest BCUT2D eigenvalue weighted by molar-refractivity contribution is 6.10. The van der Waals surface area contributed by atoms with Gasteiger partial charge in [0, 0.05) is 37.3 Å². The van der Waals surface area contributed by atoms with E-state index in [0.29, 0.717) is 40.0 Å². The normalized spacial score (nSPS) is 13.0. The summed E-state index contributed by atoms with van der Waals surface area (Å²) < 4.78 is 5.38. The van der Waals surface area contributed by atoms with Crippen molar-refractivity contribution in [2.45, 2.75) is 25.4 Å². The Bertz CT molecular complexity index is 1090. The Balaban J connectivity index is 1.82. The number of ether oxygens (including phenoxy) is 1. The van der Waals surface area contributed by atoms with Crippen molar-refractivity contribution in [2.75, 3.05) is 19.5 Å². The van der Waals surface area contributed by atoms with Crippen molar-refractivity contribution in [2.24, 2.45) is 0 Å². The van der Waals surface area contributed by atoms with Crippen LogP contribution in [0.2, 0.25) is 0 Å². The van der Waals surface area contributed by atoms with Crippen LogP contribution in [0.15, 0.2) is 48.7 Å². The van der Waals surface area contributed by atoms with Crippen molar-refractivity contribution in [3.05, 3.63) is 65.4 Å². The molecule has 4 rings (SSSR count). The number of carbonyl (C=O) groups is 2. The quantitative estimate of drug-likeness (QED) is 0.563. The van der Waals surface area contributed by atoms with Crippen LogP contribution in [-0.2, 0) is 6.54 Å². The van der Waals surface area contributed by atoms with Crippen LogP contribution in [-0.4, -0.2) is 37.0 Å². The largest absolute Gasteiger partial charge is 0.496 e. The third-order valence-electron chi connectivity index (χ3n) is 5.13. The van der Waals surface area contributed by atoms with E-state index in [1.165, 1.54) is 7.11 Å². The minimum atomic E-state index is -0.268. The first kappa shape index (κ1) is 19.7. The van der Waals surface area contributed by atoms with Gasteiger partial charge < -0.3 is 20.7 Å². The first-order valence-corrected chi connectivity index (χ1v) is 9.92. The van der Waals surface area contributed by atoms with Gasteiger partial charge in [-0.1, -0.05) is 30.3 Å². The molecule has 7 heteroatoms. The second-order valence-electron chi connectivity index (χ2n) is 7.28. The fourth-order valence-corrected chi connectivity index (χ4v) is 3.34. The van der Waals surface area contributed by atoms with E-state index in [1.807, 2.05) is 30.3 Å². The highest BCUT2D eigenvalue weighted by Crippen LogP contribution is 2.33. The van der Waals surface area contributed by atoms with Gasteiger partial charge in [0.1, 0.15) is 5.75 Å². The van der Waals surface area contributed by atoms with Gasteiger partial charge in [-0.15, -0.1) is 0 Å². The number of amides is 2. The summed E-state index contributed by atoms with van der Waals surface area (Å²) in [6.07, 6.45) is 3.57. The molecule has 30 heavy (non-hydrogen) atoms. The molecule has 0 spiro atoms. The number of fused-ring (bicyclic) bond motifs is 1. The average molecular weight is 404 g/mol. The zero-order chi connectivity index (χ0) is 21.1. The van der Waals surface area contributed by atoms with Crippen molar-refractivity contribution in [1.29, 1.82) is 0 Å². The maximum atomic E-state index is 12.9. The van der Waals surface area contributed by atoms with Gasteiger partial charge >= 0.3 is 0 Å². The zero-order valence-corrected chi connectivity index (χ0v) is 17.0. The Hall–Kier alpha value is -3.61. The minimum Gasteiger partial charge on any atom is -0.496 e. The molecule has 2 amide bonds. The maximum absolute atomic E-state index is 12.9. The summed E-state index contributed by atoms with van der Waals surface area (Å²) in [7, 11) is 3.08. The van der Waals surface area contributed by atoms with E-state index in [2.05, 4.69) is 20.9 Å². The van der Waals surface area contributed by atoms with E-state index in [0.717, 1.165) is 18.4 Å². The van der Waals surface area contributed by atoms with Crippen molar-refractivity contribution in [1.82, 2.24) is 15.6 Å². The number of nitrogens with one attached hydrogen (secondary N) is 3. The Morgan fingerprint density at radius 3 is 2.53 bits per heavy atom. The lowest BCUT2D eigenvalue weighted by molar-refractivity contribution is 0.0947. The van der Waals surface area contributed by atoms with Crippen LogP contribution in [0.1, 0.15) is 39.1 Å². The number of aromatic nitrogens is 1. The molecule has 3 N–H and O–H groups in total. The highest BCUT2D eigenvalue weighted by atomic mass is 16.5. The monoisotopic (exact) mass is 404 g/mol. The molecule has 0 unspecified atom stereocenters. The molecule has 0 bridgehead atoms. The summed E-state index contributed by atoms with van der Waals surface area (Å²) in [6.45, 7) is 0.533. The van der Waals surface area contributed by atoms with Crippen LogP contribution in [0.5, 0.6) is 5.75 Å². The number of benzene rings is 2. The van der Waals surface area contributed by atoms with E-state index in [4.69, 9.17) is 4.74 Å². The van der Waals surface area contributed by atoms with Gasteiger partial charge in [0.15, 0.2) is 0 Å². The lowest BCUT2D eigenvalue weighted by Gasteiger charge is -2.17. The molecule has 0 saturated heterocycles. The number of methoxy groups -OCH3 is 1. The van der Waals surface area contributed by atoms with Crippen molar-refractivity contribution in [3.8, 4) is 5.75 Å². The number of nitrogens with zero attached hydrogens (tertiary/aromatic N) is 1. The fraction of sp³-hybridized carbons (Fsp3) is 0.261. The van der Waals surface area contributed by atoms with Crippen LogP contribution in [0.4, 0.5) is 5.69 Å². The second-order valence-corrected chi connectivity index (χ2v) is 7.28. The van der Waals surface area contributed by atoms with Crippen LogP contribution in [0, 0.1) is 0 Å². The minimum absolute atomic E-state index is 0.167. The number of anilines is 1. The van der Waals surface area contributed by atoms with Gasteiger partial charge in [0.25, 0.3) is 11.8 Å². The lowest BCUT2D eigenvalue weighted by Crippen LogP contribution is -2.26. The molecule has 0 radical (unpaired) electrons. The third-order valence-corrected chi connectivity index (χ3v) is 5.13. The zero-order valence-electron chi connectivity index (χ0n) is 17.0. The van der Waals surface area contributed by atoms with Gasteiger partial charge in [-0.25, -0.2) is 0 Å². The Labute approximate surface area is 174 Å². The van der Waals surface area contributed by atoms with Crippen molar-refractivity contribution < 1.29 is 14.3 Å². The van der Waals surface area contributed by atoms with Crippen LogP contribution >= 0.6 is 0 Å². The SMILES string of the molecule is CNC(=O)c1cc2c(NCc3ccccc3)c(C(=O)NC3CC3)cnc2cc1OC. The van der Waals surface area contributed by atoms with Gasteiger partial charge in [-0.05, 0) is 24.5 Å². The summed E-state index contributed by atoms with van der Waals surface area (Å²) in [6, 6.07) is 13.6. The van der Waals surface area contributed by atoms with Crippen molar-refractivity contribution >= 4 is 28.4 Å². The van der Waals surface area contributed by atoms with E-state index in [-0.39, 0.29) is 17.9 Å². The summed E-state index contributed by atoms with van der Waals surface area (Å²) >= 11 is 0. The van der Waals surface area contributed by atoms with Gasteiger partial charge in [-0.3, -0.25) is 14.6 Å².